The van der Waals surface area contributed by atoms with Gasteiger partial charge in [-0.25, -0.2) is 0 Å². The summed E-state index contributed by atoms with van der Waals surface area (Å²) in [5.41, 5.74) is 0.128. The second-order valence-electron chi connectivity index (χ2n) is 9.42. The molecule has 0 amide bonds. The van der Waals surface area contributed by atoms with E-state index in [-0.39, 0.29) is 24.6 Å². The van der Waals surface area contributed by atoms with Crippen molar-refractivity contribution in [1.82, 2.24) is 0 Å². The maximum Gasteiger partial charge on any atom is 0.229 e. The van der Waals surface area contributed by atoms with E-state index in [1.165, 1.54) is 0 Å². The predicted molar refractivity (Wildman–Crippen MR) is 119 cm³/mol. The summed E-state index contributed by atoms with van der Waals surface area (Å²) in [4.78, 5) is 0. The lowest BCUT2D eigenvalue weighted by molar-refractivity contribution is -0.189. The molecule has 5 atom stereocenters. The SMILES string of the molecule is [B]C(C)OCCC(C)(C)OC/C(OC(O)c1ccccc1)=C1/OC2OC(C)(C)OC2[C@@H]1C. The highest BCUT2D eigenvalue weighted by Crippen LogP contribution is 2.44. The van der Waals surface area contributed by atoms with Crippen LogP contribution in [0.5, 0.6) is 0 Å². The summed E-state index contributed by atoms with van der Waals surface area (Å²) >= 11 is 0. The van der Waals surface area contributed by atoms with Gasteiger partial charge in [0.15, 0.2) is 11.5 Å². The van der Waals surface area contributed by atoms with Crippen LogP contribution in [0, 0.1) is 5.92 Å². The first-order chi connectivity index (χ1) is 15.0. The Balaban J connectivity index is 1.75. The number of ether oxygens (including phenoxy) is 6. The smallest absolute Gasteiger partial charge is 0.229 e. The second-order valence-corrected chi connectivity index (χ2v) is 9.42. The van der Waals surface area contributed by atoms with Crippen LogP contribution in [0.25, 0.3) is 0 Å². The zero-order valence-corrected chi connectivity index (χ0v) is 19.9. The number of benzene rings is 1. The van der Waals surface area contributed by atoms with Crippen LogP contribution in [0.2, 0.25) is 0 Å². The van der Waals surface area contributed by atoms with Gasteiger partial charge in [0.2, 0.25) is 12.6 Å². The summed E-state index contributed by atoms with van der Waals surface area (Å²) in [6.07, 6.45) is -1.32. The van der Waals surface area contributed by atoms with Gasteiger partial charge in [-0.3, -0.25) is 0 Å². The average molecular weight is 446 g/mol. The van der Waals surface area contributed by atoms with E-state index in [1.807, 2.05) is 52.8 Å². The molecular formula is C24H35BO7. The fourth-order valence-corrected chi connectivity index (χ4v) is 3.70. The van der Waals surface area contributed by atoms with Gasteiger partial charge in [0.1, 0.15) is 26.3 Å². The van der Waals surface area contributed by atoms with Crippen molar-refractivity contribution >= 4 is 7.85 Å². The summed E-state index contributed by atoms with van der Waals surface area (Å²) in [5.74, 6) is 0.133. The van der Waals surface area contributed by atoms with Gasteiger partial charge in [-0.1, -0.05) is 37.3 Å². The minimum absolute atomic E-state index is 0.109. The topological polar surface area (TPSA) is 75.6 Å². The Labute approximate surface area is 192 Å². The molecule has 0 aromatic heterocycles. The second kappa shape index (κ2) is 10.1. The van der Waals surface area contributed by atoms with Crippen molar-refractivity contribution in [3.8, 4) is 0 Å². The third-order valence-corrected chi connectivity index (χ3v) is 5.53. The number of aliphatic hydroxyl groups excluding tert-OH is 1. The van der Waals surface area contributed by atoms with Gasteiger partial charge >= 0.3 is 0 Å². The van der Waals surface area contributed by atoms with E-state index in [9.17, 15) is 5.11 Å². The van der Waals surface area contributed by atoms with Gasteiger partial charge in [-0.15, -0.1) is 0 Å². The first-order valence-corrected chi connectivity index (χ1v) is 11.1. The molecule has 0 bridgehead atoms. The Hall–Kier alpha value is -1.58. The fraction of sp³-hybridized carbons (Fsp3) is 0.667. The van der Waals surface area contributed by atoms with Gasteiger partial charge in [0.05, 0.1) is 5.60 Å². The number of aliphatic hydroxyl groups is 1. The van der Waals surface area contributed by atoms with Crippen molar-refractivity contribution in [3.05, 3.63) is 47.4 Å². The maximum absolute atomic E-state index is 10.7. The van der Waals surface area contributed by atoms with E-state index >= 15 is 0 Å². The predicted octanol–water partition coefficient (Wildman–Crippen LogP) is 3.77. The Morgan fingerprint density at radius 1 is 1.22 bits per heavy atom. The molecule has 0 saturated carbocycles. The zero-order chi connectivity index (χ0) is 23.5. The van der Waals surface area contributed by atoms with Gasteiger partial charge in [-0.05, 0) is 41.0 Å². The highest BCUT2D eigenvalue weighted by atomic mass is 16.8. The standard InChI is InChI=1S/C24H35BO7/c1-15-19(30-22-20(15)31-24(5,6)32-22)18(29-21(26)17-10-8-7-9-11-17)14-28-23(3,4)12-13-27-16(2)25/h7-11,15-16,20-22,26H,12-14H2,1-6H3/b19-18-/t15-,16?,20?,21?,22?/m1/s1. The molecule has 7 nitrogen and oxygen atoms in total. The monoisotopic (exact) mass is 446 g/mol. The Kier molecular flexibility index (Phi) is 7.94. The summed E-state index contributed by atoms with van der Waals surface area (Å²) in [6.45, 7) is 12.0. The summed E-state index contributed by atoms with van der Waals surface area (Å²) in [6, 6.07) is 8.83. The first-order valence-electron chi connectivity index (χ1n) is 11.1. The molecule has 2 aliphatic rings. The summed E-state index contributed by atoms with van der Waals surface area (Å²) < 4.78 is 35.5. The third kappa shape index (κ3) is 6.48. The number of hydrogen-bond acceptors (Lipinski definition) is 7. The van der Waals surface area contributed by atoms with E-state index < -0.39 is 24.0 Å². The van der Waals surface area contributed by atoms with Gasteiger partial charge in [0, 0.05) is 24.1 Å². The molecule has 2 fully saturated rings. The molecule has 0 aliphatic carbocycles. The quantitative estimate of drug-likeness (QED) is 0.333. The maximum atomic E-state index is 10.7. The molecule has 32 heavy (non-hydrogen) atoms. The highest BCUT2D eigenvalue weighted by molar-refractivity contribution is 6.10. The fourth-order valence-electron chi connectivity index (χ4n) is 3.70. The van der Waals surface area contributed by atoms with Crippen LogP contribution < -0.4 is 0 Å². The highest BCUT2D eigenvalue weighted by Gasteiger charge is 2.53. The molecule has 1 aromatic carbocycles. The largest absolute Gasteiger partial charge is 0.462 e. The van der Waals surface area contributed by atoms with Crippen LogP contribution in [0.3, 0.4) is 0 Å². The molecule has 176 valence electrons. The average Bonchev–Trinajstić information content (AvgIpc) is 3.17. The first kappa shape index (κ1) is 25.1. The van der Waals surface area contributed by atoms with Crippen LogP contribution in [0.15, 0.2) is 41.9 Å². The Morgan fingerprint density at radius 2 is 1.91 bits per heavy atom. The van der Waals surface area contributed by atoms with Gasteiger partial charge in [-0.2, -0.15) is 0 Å². The molecule has 3 rings (SSSR count). The van der Waals surface area contributed by atoms with E-state index in [0.29, 0.717) is 30.1 Å². The normalized spacial score (nSPS) is 28.0. The van der Waals surface area contributed by atoms with Gasteiger partial charge in [0.25, 0.3) is 0 Å². The van der Waals surface area contributed by atoms with Crippen molar-refractivity contribution in [2.24, 2.45) is 5.92 Å². The molecule has 2 saturated heterocycles. The summed E-state index contributed by atoms with van der Waals surface area (Å²) in [7, 11) is 5.66. The Morgan fingerprint density at radius 3 is 2.53 bits per heavy atom. The molecule has 2 heterocycles. The molecule has 8 heteroatoms. The molecule has 2 aliphatic heterocycles. The van der Waals surface area contributed by atoms with Crippen LogP contribution in [0.1, 0.15) is 59.8 Å². The van der Waals surface area contributed by atoms with Crippen molar-refractivity contribution in [2.75, 3.05) is 13.2 Å². The van der Waals surface area contributed by atoms with Crippen LogP contribution >= 0.6 is 0 Å². The lowest BCUT2D eigenvalue weighted by atomic mass is 10.0. The molecular weight excluding hydrogens is 411 g/mol. The lowest BCUT2D eigenvalue weighted by Crippen LogP contribution is -2.29. The van der Waals surface area contributed by atoms with E-state index in [4.69, 9.17) is 36.3 Å². The number of fused-ring (bicyclic) bond motifs is 1. The van der Waals surface area contributed by atoms with Crippen molar-refractivity contribution in [1.29, 1.82) is 0 Å². The van der Waals surface area contributed by atoms with Crippen molar-refractivity contribution in [3.63, 3.8) is 0 Å². The van der Waals surface area contributed by atoms with Crippen LogP contribution in [-0.2, 0) is 28.4 Å². The van der Waals surface area contributed by atoms with E-state index in [2.05, 4.69) is 0 Å². The van der Waals surface area contributed by atoms with Crippen LogP contribution in [0.4, 0.5) is 0 Å². The Bertz CT molecular complexity index is 778. The lowest BCUT2D eigenvalue weighted by Gasteiger charge is -2.28. The van der Waals surface area contributed by atoms with Crippen molar-refractivity contribution in [2.45, 2.75) is 84.0 Å². The zero-order valence-electron chi connectivity index (χ0n) is 19.9. The number of hydrogen-bond donors (Lipinski definition) is 1. The summed E-state index contributed by atoms with van der Waals surface area (Å²) in [5, 5.41) is 10.7. The molecule has 1 aromatic rings. The van der Waals surface area contributed by atoms with E-state index in [1.54, 1.807) is 19.1 Å². The molecule has 4 unspecified atom stereocenters. The number of rotatable bonds is 10. The minimum Gasteiger partial charge on any atom is -0.462 e. The molecule has 2 radical (unpaired) electrons. The van der Waals surface area contributed by atoms with E-state index in [0.717, 1.165) is 0 Å². The molecule has 1 N–H and O–H groups in total. The third-order valence-electron chi connectivity index (χ3n) is 5.53. The van der Waals surface area contributed by atoms with Gasteiger partial charge < -0.3 is 33.5 Å². The van der Waals surface area contributed by atoms with Crippen molar-refractivity contribution < 1.29 is 33.5 Å². The minimum atomic E-state index is -1.17. The van der Waals surface area contributed by atoms with Crippen LogP contribution in [-0.4, -0.2) is 56.0 Å². The molecule has 0 spiro atoms.